The minimum atomic E-state index is -1.19. The maximum absolute atomic E-state index is 14.1. The summed E-state index contributed by atoms with van der Waals surface area (Å²) in [6.07, 6.45) is 3.05. The number of hydrogen-bond donors (Lipinski definition) is 5. The summed E-state index contributed by atoms with van der Waals surface area (Å²) in [4.78, 5) is 79.6. The second-order valence-corrected chi connectivity index (χ2v) is 21.4. The van der Waals surface area contributed by atoms with Crippen LogP contribution in [0.4, 0.5) is 17.3 Å². The summed E-state index contributed by atoms with van der Waals surface area (Å²) in [6, 6.07) is 19.5. The zero-order valence-corrected chi connectivity index (χ0v) is 43.9. The van der Waals surface area contributed by atoms with Crippen LogP contribution in [0.5, 0.6) is 0 Å². The highest BCUT2D eigenvalue weighted by Gasteiger charge is 2.44. The van der Waals surface area contributed by atoms with E-state index in [1.54, 1.807) is 54.1 Å². The molecule has 0 aliphatic carbocycles. The fourth-order valence-corrected chi connectivity index (χ4v) is 10.1. The first-order chi connectivity index (χ1) is 35.4. The van der Waals surface area contributed by atoms with Crippen molar-refractivity contribution < 1.29 is 29.3 Å². The van der Waals surface area contributed by atoms with Crippen molar-refractivity contribution in [2.45, 2.75) is 97.7 Å². The molecule has 5 N–H and O–H groups in total. The lowest BCUT2D eigenvalue weighted by atomic mass is 9.85. The van der Waals surface area contributed by atoms with Crippen molar-refractivity contribution >= 4 is 57.4 Å². The number of rotatable bonds is 20. The third kappa shape index (κ3) is 12.7. The third-order valence-corrected chi connectivity index (χ3v) is 14.4. The molecule has 0 bridgehead atoms. The molecule has 2 aliphatic rings. The topological polar surface area (TPSA) is 225 Å². The number of β-amino-alcohol motifs (C(OH)–C–C–N with tert-alkyl or cyclic N) is 1. The van der Waals surface area contributed by atoms with E-state index in [2.05, 4.69) is 59.4 Å². The molecule has 20 heteroatoms. The Hall–Kier alpha value is -6.84. The molecule has 2 aromatic carbocycles. The number of piperazine rings is 1. The number of hydrogen-bond acceptors (Lipinski definition) is 15. The summed E-state index contributed by atoms with van der Waals surface area (Å²) < 4.78 is 9.07. The fourth-order valence-electron chi connectivity index (χ4n) is 9.25. The lowest BCUT2D eigenvalue weighted by molar-refractivity contribution is -0.144. The second-order valence-electron chi connectivity index (χ2n) is 20.5. The Kier molecular flexibility index (Phi) is 16.7. The number of anilines is 3. The van der Waals surface area contributed by atoms with Gasteiger partial charge in [0.2, 0.25) is 23.7 Å². The van der Waals surface area contributed by atoms with Gasteiger partial charge < -0.3 is 40.7 Å². The quantitative estimate of drug-likeness (QED) is 0.0484. The molecule has 6 aromatic rings. The maximum atomic E-state index is 14.1. The number of pyridine rings is 1. The number of benzene rings is 2. The summed E-state index contributed by atoms with van der Waals surface area (Å²) in [5.74, 6) is -0.285. The highest BCUT2D eigenvalue weighted by molar-refractivity contribution is 7.13. The number of aromatic nitrogens is 6. The van der Waals surface area contributed by atoms with E-state index in [0.717, 1.165) is 65.8 Å². The highest BCUT2D eigenvalue weighted by Crippen LogP contribution is 2.29. The van der Waals surface area contributed by atoms with Gasteiger partial charge in [0.15, 0.2) is 11.5 Å². The maximum Gasteiger partial charge on any atom is 0.278 e. The van der Waals surface area contributed by atoms with Gasteiger partial charge in [0.1, 0.15) is 23.1 Å². The van der Waals surface area contributed by atoms with Crippen LogP contribution in [0.3, 0.4) is 0 Å². The monoisotopic (exact) mass is 1030 g/mol. The molecular formula is C54H68N12O7S. The highest BCUT2D eigenvalue weighted by atomic mass is 32.1. The number of carbonyl (C=O) groups is 3. The van der Waals surface area contributed by atoms with Crippen molar-refractivity contribution in [2.75, 3.05) is 62.7 Å². The van der Waals surface area contributed by atoms with Crippen LogP contribution in [0.15, 0.2) is 95.9 Å². The Morgan fingerprint density at radius 2 is 1.70 bits per heavy atom. The molecule has 0 spiro atoms. The smallest absolute Gasteiger partial charge is 0.278 e. The Morgan fingerprint density at radius 3 is 2.38 bits per heavy atom. The fraction of sp³-hybridized carbons (Fsp3) is 0.444. The number of ether oxygens (including phenoxy) is 1. The molecule has 2 aliphatic heterocycles. The van der Waals surface area contributed by atoms with E-state index in [0.29, 0.717) is 48.1 Å². The average Bonchev–Trinajstić information content (AvgIpc) is 4.07. The number of thiazole rings is 1. The number of carbonyl (C=O) groups excluding carboxylic acids is 3. The zero-order valence-electron chi connectivity index (χ0n) is 43.1. The minimum absolute atomic E-state index is 0.00822. The average molecular weight is 1030 g/mol. The van der Waals surface area contributed by atoms with Crippen molar-refractivity contribution in [3.63, 3.8) is 0 Å². The van der Waals surface area contributed by atoms with Crippen LogP contribution in [-0.2, 0) is 37.8 Å². The summed E-state index contributed by atoms with van der Waals surface area (Å²) in [5, 5.41) is 30.7. The molecule has 3 atom stereocenters. The van der Waals surface area contributed by atoms with Crippen molar-refractivity contribution in [3.8, 4) is 16.3 Å². The summed E-state index contributed by atoms with van der Waals surface area (Å²) >= 11 is 1.58. The first-order valence-electron chi connectivity index (χ1n) is 25.1. The number of aryl methyl sites for hydroxylation is 1. The normalized spacial score (nSPS) is 16.9. The number of fused-ring (bicyclic) bond motifs is 1. The standard InChI is InChI=1S/C54H68N12O7S/c1-8-22-65-50(70)41-32-56-52(61-48(41)66(65)44-12-9-11-43(59-44)54(6,7)72)58-38-18-20-39(21-19-38)63-25-23-62(24-26-63)27-29-73-28-10-13-45(68)60-47(53(3,4)5)51(71)64-33-40(67)30-42(64)49(69)55-31-36-14-16-37(17-15-36)46-35(2)57-34-74-46/h8-9,11-12,14-21,32,34,40,42,47,67,72H,1,10,13,22-31,33H2,2-7H3,(H,55,69)(H,60,68)(H,56,58,61)/t40-,42+,47-/m1/s1. The van der Waals surface area contributed by atoms with Gasteiger partial charge >= 0.3 is 0 Å². The van der Waals surface area contributed by atoms with Crippen LogP contribution in [-0.4, -0.2) is 138 Å². The van der Waals surface area contributed by atoms with E-state index >= 15 is 0 Å². The Bertz CT molecular complexity index is 2990. The lowest BCUT2D eigenvalue weighted by Crippen LogP contribution is -2.57. The van der Waals surface area contributed by atoms with Gasteiger partial charge in [-0.2, -0.15) is 4.98 Å². The lowest BCUT2D eigenvalue weighted by Gasteiger charge is -2.36. The SMILES string of the molecule is C=CCn1c(=O)c2cnc(Nc3ccc(N4CCN(CCOCCCC(=O)N[C@H](C(=O)N5C[C@H](O)C[C@H]5C(=O)NCc5ccc(-c6scnc6C)cc5)C(C)(C)C)CC4)cc3)nc2n1-c1cccc(C(C)(C)O)n1. The van der Waals surface area contributed by atoms with Crippen molar-refractivity contribution in [3.05, 3.63) is 118 Å². The van der Waals surface area contributed by atoms with Crippen LogP contribution in [0.2, 0.25) is 0 Å². The molecule has 392 valence electrons. The predicted octanol–water partition coefficient (Wildman–Crippen LogP) is 5.29. The minimum Gasteiger partial charge on any atom is -0.391 e. The number of nitrogens with one attached hydrogen (secondary N) is 3. The van der Waals surface area contributed by atoms with Crippen molar-refractivity contribution in [1.29, 1.82) is 0 Å². The van der Waals surface area contributed by atoms with Crippen LogP contribution < -0.4 is 26.4 Å². The molecule has 4 aromatic heterocycles. The second kappa shape index (κ2) is 23.1. The van der Waals surface area contributed by atoms with Gasteiger partial charge in [-0.3, -0.25) is 24.1 Å². The molecule has 2 saturated heterocycles. The molecule has 8 rings (SSSR count). The summed E-state index contributed by atoms with van der Waals surface area (Å²) in [6.45, 7) is 20.3. The van der Waals surface area contributed by atoms with Gasteiger partial charge in [0.05, 0.1) is 41.0 Å². The van der Waals surface area contributed by atoms with Gasteiger partial charge in [-0.15, -0.1) is 17.9 Å². The Labute approximate surface area is 435 Å². The molecule has 3 amide bonds. The van der Waals surface area contributed by atoms with Gasteiger partial charge in [-0.1, -0.05) is 57.2 Å². The van der Waals surface area contributed by atoms with E-state index in [4.69, 9.17) is 9.72 Å². The van der Waals surface area contributed by atoms with Crippen LogP contribution >= 0.6 is 11.3 Å². The molecule has 19 nitrogen and oxygen atoms in total. The van der Waals surface area contributed by atoms with Gasteiger partial charge in [-0.25, -0.2) is 24.3 Å². The Balaban J connectivity index is 0.756. The molecule has 2 fully saturated rings. The largest absolute Gasteiger partial charge is 0.391 e. The molecule has 0 unspecified atom stereocenters. The number of aliphatic hydroxyl groups is 2. The van der Waals surface area contributed by atoms with E-state index in [9.17, 15) is 29.4 Å². The molecular weight excluding hydrogens is 961 g/mol. The predicted molar refractivity (Wildman–Crippen MR) is 286 cm³/mol. The first kappa shape index (κ1) is 53.5. The van der Waals surface area contributed by atoms with E-state index in [1.807, 2.05) is 69.6 Å². The van der Waals surface area contributed by atoms with Gasteiger partial charge in [0.25, 0.3) is 5.56 Å². The van der Waals surface area contributed by atoms with E-state index < -0.39 is 35.1 Å². The first-order valence-corrected chi connectivity index (χ1v) is 26.0. The van der Waals surface area contributed by atoms with Crippen LogP contribution in [0.25, 0.3) is 27.3 Å². The molecule has 0 saturated carbocycles. The van der Waals surface area contributed by atoms with Crippen molar-refractivity contribution in [1.82, 2.24) is 49.7 Å². The Morgan fingerprint density at radius 1 is 0.959 bits per heavy atom. The van der Waals surface area contributed by atoms with Crippen LogP contribution in [0, 0.1) is 12.3 Å². The van der Waals surface area contributed by atoms with Crippen molar-refractivity contribution in [2.24, 2.45) is 5.41 Å². The molecule has 74 heavy (non-hydrogen) atoms. The van der Waals surface area contributed by atoms with Gasteiger partial charge in [-0.05, 0) is 80.1 Å². The van der Waals surface area contributed by atoms with E-state index in [1.165, 1.54) is 15.8 Å². The summed E-state index contributed by atoms with van der Waals surface area (Å²) in [7, 11) is 0. The number of likely N-dealkylation sites (tertiary alicyclic amines) is 1. The summed E-state index contributed by atoms with van der Waals surface area (Å²) in [5.41, 5.74) is 5.30. The van der Waals surface area contributed by atoms with E-state index in [-0.39, 0.29) is 49.8 Å². The number of allylic oxidation sites excluding steroid dienone is 1. The molecule has 0 radical (unpaired) electrons. The number of amides is 3. The number of aliphatic hydroxyl groups excluding tert-OH is 1. The zero-order chi connectivity index (χ0) is 52.7. The van der Waals surface area contributed by atoms with Gasteiger partial charge in [0, 0.05) is 82.8 Å². The number of nitrogens with zero attached hydrogens (tertiary/aromatic N) is 9. The van der Waals surface area contributed by atoms with Crippen LogP contribution in [0.1, 0.15) is 70.8 Å². The third-order valence-electron chi connectivity index (χ3n) is 13.4. The molecule has 6 heterocycles.